The van der Waals surface area contributed by atoms with E-state index in [0.29, 0.717) is 0 Å². The average molecular weight is 359 g/mol. The smallest absolute Gasteiger partial charge is 0.169 e. The summed E-state index contributed by atoms with van der Waals surface area (Å²) in [6.45, 7) is 4.49. The van der Waals surface area contributed by atoms with E-state index in [-0.39, 0.29) is 0 Å². The van der Waals surface area contributed by atoms with Crippen molar-refractivity contribution in [3.63, 3.8) is 0 Å². The first kappa shape index (κ1) is 17.6. The van der Waals surface area contributed by atoms with Gasteiger partial charge >= 0.3 is 0 Å². The summed E-state index contributed by atoms with van der Waals surface area (Å²) in [5, 5.41) is 0. The molecule has 0 amide bonds. The Kier molecular flexibility index (Phi) is 6.38. The van der Waals surface area contributed by atoms with Crippen LogP contribution in [0, 0.1) is 0 Å². The van der Waals surface area contributed by atoms with Gasteiger partial charge in [0, 0.05) is 26.7 Å². The molecule has 0 saturated carbocycles. The zero-order chi connectivity index (χ0) is 16.8. The lowest BCUT2D eigenvalue weighted by Crippen LogP contribution is -1.91. The van der Waals surface area contributed by atoms with Crippen molar-refractivity contribution in [2.45, 2.75) is 65.2 Å². The molecular weight excluding hydrogens is 332 g/mol. The molecular formula is C20H26N2S2. The van der Waals surface area contributed by atoms with Crippen LogP contribution in [0.2, 0.25) is 0 Å². The maximum Gasteiger partial charge on any atom is 0.169 e. The van der Waals surface area contributed by atoms with Gasteiger partial charge in [-0.15, -0.1) is 22.7 Å². The molecule has 0 radical (unpaired) electrons. The first-order chi connectivity index (χ1) is 11.8. The highest BCUT2D eigenvalue weighted by atomic mass is 32.1. The van der Waals surface area contributed by atoms with E-state index in [2.05, 4.69) is 35.9 Å². The summed E-state index contributed by atoms with van der Waals surface area (Å²) >= 11 is 3.76. The van der Waals surface area contributed by atoms with Gasteiger partial charge in [0.15, 0.2) is 5.82 Å². The number of nitrogens with zero attached hydrogens (tertiary/aromatic N) is 2. The second kappa shape index (κ2) is 8.72. The molecule has 0 aliphatic rings. The Morgan fingerprint density at radius 2 is 1.46 bits per heavy atom. The standard InChI is InChI=1S/C20H26N2S2/c1-3-5-7-9-15-13-21-20(22-14-15)19-12-18-17(24-19)11-16(23-18)10-8-6-4-2/h11-14H,3-10H2,1-2H3. The van der Waals surface area contributed by atoms with E-state index in [1.807, 2.05) is 35.1 Å². The van der Waals surface area contributed by atoms with Crippen molar-refractivity contribution >= 4 is 32.1 Å². The van der Waals surface area contributed by atoms with Crippen molar-refractivity contribution in [1.29, 1.82) is 0 Å². The van der Waals surface area contributed by atoms with Crippen molar-refractivity contribution in [1.82, 2.24) is 9.97 Å². The zero-order valence-electron chi connectivity index (χ0n) is 14.7. The summed E-state index contributed by atoms with van der Waals surface area (Å²) in [6.07, 6.45) is 14.0. The van der Waals surface area contributed by atoms with E-state index in [0.717, 1.165) is 12.2 Å². The van der Waals surface area contributed by atoms with Crippen LogP contribution < -0.4 is 0 Å². The Bertz CT molecular complexity index is 724. The van der Waals surface area contributed by atoms with Crippen LogP contribution in [-0.2, 0) is 12.8 Å². The van der Waals surface area contributed by atoms with Crippen molar-refractivity contribution in [2.24, 2.45) is 0 Å². The maximum absolute atomic E-state index is 4.59. The fraction of sp³-hybridized carbons (Fsp3) is 0.500. The number of rotatable bonds is 9. The van der Waals surface area contributed by atoms with Gasteiger partial charge in [0.1, 0.15) is 0 Å². The topological polar surface area (TPSA) is 25.8 Å². The second-order valence-electron chi connectivity index (χ2n) is 6.38. The summed E-state index contributed by atoms with van der Waals surface area (Å²) in [5.41, 5.74) is 1.25. The normalized spacial score (nSPS) is 11.4. The van der Waals surface area contributed by atoms with Gasteiger partial charge in [0.05, 0.1) is 4.88 Å². The first-order valence-electron chi connectivity index (χ1n) is 9.13. The van der Waals surface area contributed by atoms with Crippen LogP contribution in [0.1, 0.15) is 62.8 Å². The molecule has 3 aromatic heterocycles. The summed E-state index contributed by atoms with van der Waals surface area (Å²) in [4.78, 5) is 11.9. The highest BCUT2D eigenvalue weighted by Crippen LogP contribution is 2.37. The predicted octanol–water partition coefficient (Wildman–Crippen LogP) is 6.89. The largest absolute Gasteiger partial charge is 0.236 e. The first-order valence-corrected chi connectivity index (χ1v) is 10.8. The van der Waals surface area contributed by atoms with E-state index in [1.54, 1.807) is 0 Å². The van der Waals surface area contributed by atoms with Gasteiger partial charge in [-0.3, -0.25) is 0 Å². The molecule has 2 nitrogen and oxygen atoms in total. The average Bonchev–Trinajstić information content (AvgIpc) is 3.15. The van der Waals surface area contributed by atoms with Crippen LogP contribution in [0.25, 0.3) is 20.1 Å². The maximum atomic E-state index is 4.59. The molecule has 128 valence electrons. The molecule has 3 rings (SSSR count). The highest BCUT2D eigenvalue weighted by molar-refractivity contribution is 7.29. The van der Waals surface area contributed by atoms with Crippen LogP contribution in [0.15, 0.2) is 24.5 Å². The van der Waals surface area contributed by atoms with Crippen LogP contribution in [0.3, 0.4) is 0 Å². The predicted molar refractivity (Wildman–Crippen MR) is 107 cm³/mol. The number of hydrogen-bond acceptors (Lipinski definition) is 4. The number of hydrogen-bond donors (Lipinski definition) is 0. The minimum Gasteiger partial charge on any atom is -0.236 e. The molecule has 0 aliphatic carbocycles. The Hall–Kier alpha value is -1.26. The van der Waals surface area contributed by atoms with Crippen LogP contribution >= 0.6 is 22.7 Å². The van der Waals surface area contributed by atoms with Crippen molar-refractivity contribution in [3.05, 3.63) is 35.0 Å². The molecule has 24 heavy (non-hydrogen) atoms. The summed E-state index contributed by atoms with van der Waals surface area (Å²) in [6, 6.07) is 4.63. The van der Waals surface area contributed by atoms with Crippen molar-refractivity contribution < 1.29 is 0 Å². The number of aromatic nitrogens is 2. The van der Waals surface area contributed by atoms with Crippen LogP contribution in [0.4, 0.5) is 0 Å². The molecule has 3 heterocycles. The lowest BCUT2D eigenvalue weighted by molar-refractivity contribution is 0.714. The number of aryl methyl sites for hydroxylation is 2. The van der Waals surface area contributed by atoms with E-state index in [1.165, 1.54) is 69.7 Å². The molecule has 3 aromatic rings. The highest BCUT2D eigenvalue weighted by Gasteiger charge is 2.10. The van der Waals surface area contributed by atoms with E-state index < -0.39 is 0 Å². The van der Waals surface area contributed by atoms with Gasteiger partial charge in [-0.05, 0) is 43.4 Å². The van der Waals surface area contributed by atoms with Crippen molar-refractivity contribution in [2.75, 3.05) is 0 Å². The molecule has 0 fully saturated rings. The SMILES string of the molecule is CCCCCc1cnc(-c2cc3sc(CCCCC)cc3s2)nc1. The van der Waals surface area contributed by atoms with Crippen molar-refractivity contribution in [3.8, 4) is 10.7 Å². The molecule has 0 N–H and O–H groups in total. The molecule has 0 unspecified atom stereocenters. The van der Waals surface area contributed by atoms with Crippen LogP contribution in [-0.4, -0.2) is 9.97 Å². The third-order valence-electron chi connectivity index (χ3n) is 4.28. The number of thiophene rings is 2. The third kappa shape index (κ3) is 4.42. The second-order valence-corrected chi connectivity index (χ2v) is 8.63. The van der Waals surface area contributed by atoms with E-state index >= 15 is 0 Å². The number of fused-ring (bicyclic) bond motifs is 1. The summed E-state index contributed by atoms with van der Waals surface area (Å²) in [5.74, 6) is 0.871. The van der Waals surface area contributed by atoms with Gasteiger partial charge in [0.25, 0.3) is 0 Å². The molecule has 0 aromatic carbocycles. The van der Waals surface area contributed by atoms with Gasteiger partial charge in [-0.25, -0.2) is 9.97 Å². The van der Waals surface area contributed by atoms with Crippen LogP contribution in [0.5, 0.6) is 0 Å². The molecule has 0 saturated heterocycles. The molecule has 4 heteroatoms. The minimum absolute atomic E-state index is 0.871. The Morgan fingerprint density at radius 1 is 0.792 bits per heavy atom. The van der Waals surface area contributed by atoms with E-state index in [4.69, 9.17) is 0 Å². The Morgan fingerprint density at radius 3 is 2.12 bits per heavy atom. The Balaban J connectivity index is 1.67. The fourth-order valence-corrected chi connectivity index (χ4v) is 5.27. The Labute approximate surface area is 153 Å². The minimum atomic E-state index is 0.871. The third-order valence-corrected chi connectivity index (χ3v) is 6.63. The molecule has 0 bridgehead atoms. The molecule has 0 spiro atoms. The lowest BCUT2D eigenvalue weighted by Gasteiger charge is -2.01. The number of unbranched alkanes of at least 4 members (excludes halogenated alkanes) is 4. The van der Waals surface area contributed by atoms with Gasteiger partial charge < -0.3 is 0 Å². The van der Waals surface area contributed by atoms with Gasteiger partial charge in [0.2, 0.25) is 0 Å². The summed E-state index contributed by atoms with van der Waals surface area (Å²) < 4.78 is 2.77. The van der Waals surface area contributed by atoms with Gasteiger partial charge in [-0.1, -0.05) is 39.5 Å². The quantitative estimate of drug-likeness (QED) is 0.389. The summed E-state index contributed by atoms with van der Waals surface area (Å²) in [7, 11) is 0. The zero-order valence-corrected chi connectivity index (χ0v) is 16.3. The molecule has 0 aliphatic heterocycles. The molecule has 0 atom stereocenters. The fourth-order valence-electron chi connectivity index (χ4n) is 2.86. The van der Waals surface area contributed by atoms with Gasteiger partial charge in [-0.2, -0.15) is 0 Å². The monoisotopic (exact) mass is 358 g/mol. The van der Waals surface area contributed by atoms with E-state index in [9.17, 15) is 0 Å². The lowest BCUT2D eigenvalue weighted by atomic mass is 10.1.